The lowest BCUT2D eigenvalue weighted by Gasteiger charge is -2.35. The van der Waals surface area contributed by atoms with Crippen LogP contribution in [0.2, 0.25) is 0 Å². The lowest BCUT2D eigenvalue weighted by Crippen LogP contribution is -2.49. The Morgan fingerprint density at radius 3 is 2.71 bits per heavy atom. The maximum absolute atomic E-state index is 13.7. The fourth-order valence-corrected chi connectivity index (χ4v) is 6.42. The summed E-state index contributed by atoms with van der Waals surface area (Å²) in [7, 11) is -1.75. The van der Waals surface area contributed by atoms with E-state index in [0.717, 1.165) is 4.88 Å². The van der Waals surface area contributed by atoms with Crippen molar-refractivity contribution in [3.05, 3.63) is 63.4 Å². The summed E-state index contributed by atoms with van der Waals surface area (Å²) in [6.45, 7) is 4.76. The van der Waals surface area contributed by atoms with Crippen molar-refractivity contribution in [1.82, 2.24) is 23.8 Å². The van der Waals surface area contributed by atoms with Gasteiger partial charge >= 0.3 is 5.56 Å². The summed E-state index contributed by atoms with van der Waals surface area (Å²) in [5.41, 5.74) is 0.0376. The molecule has 1 unspecified atom stereocenters. The molecule has 200 valence electrons. The zero-order valence-electron chi connectivity index (χ0n) is 21.0. The Morgan fingerprint density at radius 2 is 2.00 bits per heavy atom. The molecule has 1 saturated heterocycles. The third kappa shape index (κ3) is 5.13. The Labute approximate surface area is 223 Å². The minimum absolute atomic E-state index is 0.00756. The quantitative estimate of drug-likeness (QED) is 0.284. The molecule has 38 heavy (non-hydrogen) atoms. The highest BCUT2D eigenvalue weighted by Crippen LogP contribution is 2.31. The molecule has 4 heterocycles. The Kier molecular flexibility index (Phi) is 7.16. The Morgan fingerprint density at radius 1 is 1.26 bits per heavy atom. The van der Waals surface area contributed by atoms with Crippen LogP contribution in [0.4, 0.5) is 4.39 Å². The number of aromatic hydroxyl groups is 1. The molecular formula is C25H27FN5O5S2+. The molecule has 10 nitrogen and oxygen atoms in total. The first-order valence-corrected chi connectivity index (χ1v) is 14.5. The molecule has 5 rings (SSSR count). The first-order chi connectivity index (χ1) is 18.1. The molecule has 3 aromatic heterocycles. The van der Waals surface area contributed by atoms with Gasteiger partial charge in [0.15, 0.2) is 10.6 Å². The molecule has 1 amide bonds. The predicted octanol–water partition coefficient (Wildman–Crippen LogP) is 2.38. The topological polar surface area (TPSA) is 119 Å². The lowest BCUT2D eigenvalue weighted by molar-refractivity contribution is -0.143. The molecule has 3 atom stereocenters. The summed E-state index contributed by atoms with van der Waals surface area (Å²) in [4.78, 5) is 37.7. The van der Waals surface area contributed by atoms with Crippen molar-refractivity contribution in [2.75, 3.05) is 19.3 Å². The summed E-state index contributed by atoms with van der Waals surface area (Å²) < 4.78 is 34.2. The lowest BCUT2D eigenvalue weighted by atomic mass is 10.1. The molecule has 0 saturated carbocycles. The van der Waals surface area contributed by atoms with E-state index in [-0.39, 0.29) is 36.1 Å². The van der Waals surface area contributed by atoms with Gasteiger partial charge in [0.2, 0.25) is 17.4 Å². The number of benzene rings is 1. The van der Waals surface area contributed by atoms with Crippen molar-refractivity contribution in [2.45, 2.75) is 43.9 Å². The van der Waals surface area contributed by atoms with E-state index < -0.39 is 27.9 Å². The normalized spacial score (nSPS) is 18.7. The van der Waals surface area contributed by atoms with Gasteiger partial charge in [-0.1, -0.05) is 6.07 Å². The van der Waals surface area contributed by atoms with Gasteiger partial charge in [0, 0.05) is 54.6 Å². The van der Waals surface area contributed by atoms with Gasteiger partial charge in [-0.2, -0.15) is 0 Å². The van der Waals surface area contributed by atoms with Gasteiger partial charge < -0.3 is 19.3 Å². The molecule has 0 spiro atoms. The number of amides is 1. The van der Waals surface area contributed by atoms with Gasteiger partial charge in [-0.15, -0.1) is 15.5 Å². The summed E-state index contributed by atoms with van der Waals surface area (Å²) in [6, 6.07) is 4.18. The summed E-state index contributed by atoms with van der Waals surface area (Å²) >= 11 is 1.21. The summed E-state index contributed by atoms with van der Waals surface area (Å²) in [5, 5.41) is 11.0. The van der Waals surface area contributed by atoms with Crippen LogP contribution in [0.15, 0.2) is 46.5 Å². The van der Waals surface area contributed by atoms with Crippen LogP contribution in [0, 0.1) is 5.82 Å². The number of imidazole rings is 1. The van der Waals surface area contributed by atoms with E-state index in [4.69, 9.17) is 4.74 Å². The second-order valence-electron chi connectivity index (χ2n) is 9.35. The van der Waals surface area contributed by atoms with E-state index in [0.29, 0.717) is 35.0 Å². The zero-order chi connectivity index (χ0) is 27.1. The van der Waals surface area contributed by atoms with E-state index in [9.17, 15) is 23.3 Å². The smallest absolute Gasteiger partial charge is 0.302 e. The highest BCUT2D eigenvalue weighted by atomic mass is 32.2. The number of ether oxygens (including phenoxy) is 1. The van der Waals surface area contributed by atoms with Crippen molar-refractivity contribution in [1.29, 1.82) is 0 Å². The van der Waals surface area contributed by atoms with E-state index in [1.807, 2.05) is 13.8 Å². The van der Waals surface area contributed by atoms with Gasteiger partial charge in [0.05, 0.1) is 12.2 Å². The SMILES string of the molecule is C[C@@H]1CN(C(=O)Cn2ccn3c(=O)c(O)c(-c4ncc(Cc5ccc(F)cc5[SH+](C)=O)s4)nc23)C[C@@H](C)O1. The van der Waals surface area contributed by atoms with Crippen molar-refractivity contribution < 1.29 is 23.2 Å². The average molecular weight is 561 g/mol. The third-order valence-electron chi connectivity index (χ3n) is 6.31. The largest absolute Gasteiger partial charge is 0.501 e. The molecule has 4 aromatic rings. The molecule has 1 aliphatic rings. The minimum atomic E-state index is -1.75. The van der Waals surface area contributed by atoms with Crippen LogP contribution < -0.4 is 5.56 Å². The number of morpholine rings is 1. The summed E-state index contributed by atoms with van der Waals surface area (Å²) in [5.74, 6) is -0.940. The van der Waals surface area contributed by atoms with Gasteiger partial charge in [0.25, 0.3) is 0 Å². The molecule has 1 aromatic carbocycles. The standard InChI is InChI=1S/C25H26FN5O5S2/c1-14-11-30(12-15(2)36-14)20(32)13-29-6-7-31-24(34)22(33)21(28-25(29)31)23-27-10-18(37-23)8-16-4-5-17(26)9-19(16)38(3)35/h4-7,9-10,14-15,33H,8,11-13H2,1-3H3/p+1/t14-,15-,38?/m1/s1. The average Bonchev–Trinajstić information content (AvgIpc) is 3.49. The molecule has 1 aliphatic heterocycles. The number of aromatic nitrogens is 4. The number of hydrogen-bond acceptors (Lipinski definition) is 8. The first-order valence-electron chi connectivity index (χ1n) is 12.0. The summed E-state index contributed by atoms with van der Waals surface area (Å²) in [6.07, 6.45) is 6.35. The second-order valence-corrected chi connectivity index (χ2v) is 11.9. The maximum atomic E-state index is 13.7. The molecule has 0 bridgehead atoms. The van der Waals surface area contributed by atoms with E-state index in [1.165, 1.54) is 40.3 Å². The van der Waals surface area contributed by atoms with Crippen molar-refractivity contribution in [2.24, 2.45) is 0 Å². The number of nitrogens with zero attached hydrogens (tertiary/aromatic N) is 5. The molecule has 1 fully saturated rings. The van der Waals surface area contributed by atoms with Gasteiger partial charge in [-0.3, -0.25) is 9.59 Å². The highest BCUT2D eigenvalue weighted by molar-refractivity contribution is 7.84. The Bertz CT molecular complexity index is 1600. The number of carbonyl (C=O) groups is 1. The monoisotopic (exact) mass is 560 g/mol. The van der Waals surface area contributed by atoms with Crippen LogP contribution >= 0.6 is 11.3 Å². The van der Waals surface area contributed by atoms with Gasteiger partial charge in [-0.05, 0) is 19.9 Å². The maximum Gasteiger partial charge on any atom is 0.302 e. The first kappa shape index (κ1) is 26.2. The minimum Gasteiger partial charge on any atom is -0.501 e. The van der Waals surface area contributed by atoms with Crippen LogP contribution in [-0.2, 0) is 37.5 Å². The van der Waals surface area contributed by atoms with Crippen LogP contribution in [0.3, 0.4) is 0 Å². The van der Waals surface area contributed by atoms with Crippen LogP contribution in [0.1, 0.15) is 24.3 Å². The molecule has 1 N–H and O–H groups in total. The van der Waals surface area contributed by atoms with Gasteiger partial charge in [-0.25, -0.2) is 18.8 Å². The second kappa shape index (κ2) is 10.4. The fourth-order valence-electron chi connectivity index (χ4n) is 4.63. The Balaban J connectivity index is 1.45. The molecule has 0 radical (unpaired) electrons. The van der Waals surface area contributed by atoms with Crippen LogP contribution in [-0.4, -0.2) is 66.4 Å². The number of hydrogen-bond donors (Lipinski definition) is 1. The Hall–Kier alpha value is -3.42. The zero-order valence-corrected chi connectivity index (χ0v) is 22.7. The number of carbonyl (C=O) groups excluding carboxylic acids is 1. The molecule has 0 aliphatic carbocycles. The number of thiazole rings is 1. The van der Waals surface area contributed by atoms with Crippen molar-refractivity contribution in [3.8, 4) is 16.5 Å². The van der Waals surface area contributed by atoms with Gasteiger partial charge in [0.1, 0.15) is 34.4 Å². The number of halogens is 1. The fraction of sp³-hybridized carbons (Fsp3) is 0.360. The number of fused-ring (bicyclic) bond motifs is 1. The van der Waals surface area contributed by atoms with Crippen LogP contribution in [0.25, 0.3) is 16.5 Å². The highest BCUT2D eigenvalue weighted by Gasteiger charge is 2.27. The molecular weight excluding hydrogens is 533 g/mol. The van der Waals surface area contributed by atoms with E-state index in [2.05, 4.69) is 9.97 Å². The van der Waals surface area contributed by atoms with E-state index in [1.54, 1.807) is 27.9 Å². The third-order valence-corrected chi connectivity index (χ3v) is 8.41. The number of rotatable bonds is 6. The van der Waals surface area contributed by atoms with Crippen LogP contribution in [0.5, 0.6) is 5.75 Å². The number of thiol groups is 1. The molecule has 13 heteroatoms. The van der Waals surface area contributed by atoms with Crippen molar-refractivity contribution >= 4 is 33.8 Å². The predicted molar refractivity (Wildman–Crippen MR) is 142 cm³/mol. The van der Waals surface area contributed by atoms with E-state index >= 15 is 0 Å². The van der Waals surface area contributed by atoms with Crippen molar-refractivity contribution in [3.63, 3.8) is 0 Å².